The molecule has 0 bridgehead atoms. The summed E-state index contributed by atoms with van der Waals surface area (Å²) in [5, 5.41) is 0. The molecular formula is C7H12F5NO. The van der Waals surface area contributed by atoms with Crippen molar-refractivity contribution in [3.8, 4) is 0 Å². The number of alkyl halides is 5. The van der Waals surface area contributed by atoms with Crippen molar-refractivity contribution in [3.05, 3.63) is 0 Å². The van der Waals surface area contributed by atoms with Crippen LogP contribution in [-0.4, -0.2) is 31.9 Å². The van der Waals surface area contributed by atoms with E-state index in [0.717, 1.165) is 0 Å². The number of hydrogen-bond acceptors (Lipinski definition) is 2. The summed E-state index contributed by atoms with van der Waals surface area (Å²) < 4.78 is 63.7. The van der Waals surface area contributed by atoms with Gasteiger partial charge in [-0.05, 0) is 6.42 Å². The average Bonchev–Trinajstić information content (AvgIpc) is 2.01. The minimum Gasteiger partial charge on any atom is -0.375 e. The van der Waals surface area contributed by atoms with E-state index in [1.54, 1.807) is 0 Å². The highest BCUT2D eigenvalue weighted by Crippen LogP contribution is 2.21. The Hall–Kier alpha value is -0.430. The molecule has 0 saturated heterocycles. The van der Waals surface area contributed by atoms with Crippen molar-refractivity contribution >= 4 is 0 Å². The number of rotatable bonds is 6. The average molecular weight is 221 g/mol. The highest BCUT2D eigenvalue weighted by atomic mass is 19.4. The van der Waals surface area contributed by atoms with Crippen molar-refractivity contribution in [3.63, 3.8) is 0 Å². The summed E-state index contributed by atoms with van der Waals surface area (Å²) in [6.45, 7) is -2.14. The fourth-order valence-electron chi connectivity index (χ4n) is 0.655. The van der Waals surface area contributed by atoms with Crippen LogP contribution < -0.4 is 5.73 Å². The van der Waals surface area contributed by atoms with Crippen LogP contribution in [-0.2, 0) is 4.74 Å². The lowest BCUT2D eigenvalue weighted by molar-refractivity contribution is -0.140. The molecule has 0 heterocycles. The van der Waals surface area contributed by atoms with E-state index < -0.39 is 31.7 Å². The fraction of sp³-hybridized carbons (Fsp3) is 1.00. The molecule has 7 heteroatoms. The van der Waals surface area contributed by atoms with E-state index >= 15 is 0 Å². The number of nitrogens with two attached hydrogens (primary N) is 1. The van der Waals surface area contributed by atoms with Crippen LogP contribution in [0.4, 0.5) is 22.0 Å². The quantitative estimate of drug-likeness (QED) is 0.549. The first kappa shape index (κ1) is 13.6. The molecule has 0 aromatic carbocycles. The van der Waals surface area contributed by atoms with Gasteiger partial charge in [0.25, 0.3) is 5.92 Å². The first-order valence-corrected chi connectivity index (χ1v) is 3.99. The van der Waals surface area contributed by atoms with Crippen LogP contribution in [0.25, 0.3) is 0 Å². The van der Waals surface area contributed by atoms with Crippen molar-refractivity contribution in [2.24, 2.45) is 5.73 Å². The molecule has 0 aliphatic heterocycles. The molecule has 0 aliphatic rings. The number of ether oxygens (including phenoxy) is 1. The monoisotopic (exact) mass is 221 g/mol. The Morgan fingerprint density at radius 3 is 2.07 bits per heavy atom. The Labute approximate surface area is 78.2 Å². The Morgan fingerprint density at radius 1 is 1.07 bits per heavy atom. The summed E-state index contributed by atoms with van der Waals surface area (Å²) in [6.07, 6.45) is -5.61. The lowest BCUT2D eigenvalue weighted by Gasteiger charge is -2.13. The molecule has 0 atom stereocenters. The Kier molecular flexibility index (Phi) is 5.28. The van der Waals surface area contributed by atoms with Gasteiger partial charge in [0.1, 0.15) is 6.61 Å². The third-order valence-corrected chi connectivity index (χ3v) is 1.36. The molecule has 0 spiro atoms. The first-order valence-electron chi connectivity index (χ1n) is 3.99. The van der Waals surface area contributed by atoms with Gasteiger partial charge in [0.2, 0.25) is 0 Å². The maximum Gasteiger partial charge on any atom is 0.389 e. The summed E-state index contributed by atoms with van der Waals surface area (Å²) in [4.78, 5) is 0. The van der Waals surface area contributed by atoms with Gasteiger partial charge in [0.15, 0.2) is 0 Å². The summed E-state index contributed by atoms with van der Waals surface area (Å²) in [7, 11) is 0. The Morgan fingerprint density at radius 2 is 1.64 bits per heavy atom. The zero-order chi connectivity index (χ0) is 11.2. The van der Waals surface area contributed by atoms with Gasteiger partial charge in [-0.25, -0.2) is 8.78 Å². The minimum absolute atomic E-state index is 0.315. The van der Waals surface area contributed by atoms with Gasteiger partial charge >= 0.3 is 6.18 Å². The van der Waals surface area contributed by atoms with Crippen molar-refractivity contribution in [1.82, 2.24) is 0 Å². The molecule has 0 aromatic rings. The van der Waals surface area contributed by atoms with Crippen molar-refractivity contribution < 1.29 is 26.7 Å². The maximum atomic E-state index is 12.3. The molecule has 0 amide bonds. The molecule has 0 rings (SSSR count). The number of halogens is 5. The second-order valence-corrected chi connectivity index (χ2v) is 2.83. The highest BCUT2D eigenvalue weighted by Gasteiger charge is 2.28. The molecule has 0 aromatic heterocycles. The standard InChI is InChI=1S/C7H12F5NO/c8-6(9,4-13)5-14-3-1-2-7(10,11)12/h1-5,13H2. The van der Waals surface area contributed by atoms with Gasteiger partial charge in [-0.2, -0.15) is 13.2 Å². The molecule has 0 aliphatic carbocycles. The summed E-state index contributed by atoms with van der Waals surface area (Å²) in [6, 6.07) is 0. The van der Waals surface area contributed by atoms with Gasteiger partial charge < -0.3 is 10.5 Å². The largest absolute Gasteiger partial charge is 0.389 e. The van der Waals surface area contributed by atoms with E-state index in [1.165, 1.54) is 0 Å². The van der Waals surface area contributed by atoms with Crippen molar-refractivity contribution in [1.29, 1.82) is 0 Å². The van der Waals surface area contributed by atoms with E-state index in [1.807, 2.05) is 0 Å². The van der Waals surface area contributed by atoms with Crippen molar-refractivity contribution in [2.45, 2.75) is 24.9 Å². The first-order chi connectivity index (χ1) is 6.27. The van der Waals surface area contributed by atoms with Crippen LogP contribution in [0.2, 0.25) is 0 Å². The topological polar surface area (TPSA) is 35.2 Å². The van der Waals surface area contributed by atoms with Crippen LogP contribution in [0.5, 0.6) is 0 Å². The summed E-state index contributed by atoms with van der Waals surface area (Å²) in [5.41, 5.74) is 4.68. The minimum atomic E-state index is -4.26. The van der Waals surface area contributed by atoms with E-state index in [2.05, 4.69) is 10.5 Å². The van der Waals surface area contributed by atoms with E-state index in [-0.39, 0.29) is 13.0 Å². The third kappa shape index (κ3) is 8.18. The zero-order valence-electron chi connectivity index (χ0n) is 7.41. The van der Waals surface area contributed by atoms with Crippen LogP contribution in [0.3, 0.4) is 0 Å². The highest BCUT2D eigenvalue weighted by molar-refractivity contribution is 4.65. The van der Waals surface area contributed by atoms with E-state index in [4.69, 9.17) is 0 Å². The second-order valence-electron chi connectivity index (χ2n) is 2.83. The van der Waals surface area contributed by atoms with Gasteiger partial charge in [-0.3, -0.25) is 0 Å². The molecule has 86 valence electrons. The van der Waals surface area contributed by atoms with Crippen LogP contribution in [0, 0.1) is 0 Å². The molecular weight excluding hydrogens is 209 g/mol. The SMILES string of the molecule is NCC(F)(F)COCCCC(F)(F)F. The molecule has 0 saturated carbocycles. The molecule has 0 fully saturated rings. The normalized spacial score (nSPS) is 13.3. The summed E-state index contributed by atoms with van der Waals surface area (Å²) >= 11 is 0. The predicted octanol–water partition coefficient (Wildman–Crippen LogP) is 1.94. The lowest BCUT2D eigenvalue weighted by Crippen LogP contribution is -2.33. The summed E-state index contributed by atoms with van der Waals surface area (Å²) in [5.74, 6) is -3.15. The predicted molar refractivity (Wildman–Crippen MR) is 40.1 cm³/mol. The Balaban J connectivity index is 3.39. The fourth-order valence-corrected chi connectivity index (χ4v) is 0.655. The molecule has 2 N–H and O–H groups in total. The van der Waals surface area contributed by atoms with Gasteiger partial charge in [0, 0.05) is 13.0 Å². The van der Waals surface area contributed by atoms with Gasteiger partial charge in [0.05, 0.1) is 6.54 Å². The lowest BCUT2D eigenvalue weighted by atomic mass is 10.3. The van der Waals surface area contributed by atoms with E-state index in [9.17, 15) is 22.0 Å². The van der Waals surface area contributed by atoms with Crippen LogP contribution >= 0.6 is 0 Å². The van der Waals surface area contributed by atoms with Crippen LogP contribution in [0.15, 0.2) is 0 Å². The van der Waals surface area contributed by atoms with Gasteiger partial charge in [-0.15, -0.1) is 0 Å². The van der Waals surface area contributed by atoms with Crippen LogP contribution in [0.1, 0.15) is 12.8 Å². The van der Waals surface area contributed by atoms with Gasteiger partial charge in [-0.1, -0.05) is 0 Å². The molecule has 0 radical (unpaired) electrons. The smallest absolute Gasteiger partial charge is 0.375 e. The van der Waals surface area contributed by atoms with E-state index in [0.29, 0.717) is 0 Å². The molecule has 2 nitrogen and oxygen atoms in total. The molecule has 0 unspecified atom stereocenters. The number of hydrogen-bond donors (Lipinski definition) is 1. The van der Waals surface area contributed by atoms with Crippen molar-refractivity contribution in [2.75, 3.05) is 19.8 Å². The third-order valence-electron chi connectivity index (χ3n) is 1.36. The Bertz CT molecular complexity index is 159. The maximum absolute atomic E-state index is 12.3. The molecule has 14 heavy (non-hydrogen) atoms. The zero-order valence-corrected chi connectivity index (χ0v) is 7.41. The second kappa shape index (κ2) is 5.45.